The second-order valence-electron chi connectivity index (χ2n) is 4.77. The Morgan fingerprint density at radius 1 is 1.26 bits per heavy atom. The van der Waals surface area contributed by atoms with Crippen molar-refractivity contribution in [1.29, 1.82) is 0 Å². The molecule has 0 saturated carbocycles. The van der Waals surface area contributed by atoms with Crippen LogP contribution in [0.25, 0.3) is 11.2 Å². The summed E-state index contributed by atoms with van der Waals surface area (Å²) in [6.45, 7) is 0.605. The number of amides is 1. The highest BCUT2D eigenvalue weighted by Gasteiger charge is 2.11. The predicted molar refractivity (Wildman–Crippen MR) is 90.6 cm³/mol. The number of carbonyl (C=O) groups is 1. The molecule has 3 rings (SSSR count). The van der Waals surface area contributed by atoms with Gasteiger partial charge in [-0.3, -0.25) is 4.79 Å². The summed E-state index contributed by atoms with van der Waals surface area (Å²) < 4.78 is 0. The molecule has 6 nitrogen and oxygen atoms in total. The molecule has 2 aromatic heterocycles. The molecule has 8 heteroatoms. The van der Waals surface area contributed by atoms with Crippen LogP contribution < -0.4 is 5.32 Å². The first-order valence-corrected chi connectivity index (χ1v) is 8.39. The van der Waals surface area contributed by atoms with Gasteiger partial charge in [0.05, 0.1) is 12.1 Å². The van der Waals surface area contributed by atoms with Gasteiger partial charge in [-0.25, -0.2) is 9.97 Å². The summed E-state index contributed by atoms with van der Waals surface area (Å²) in [7, 11) is 0. The molecule has 0 radical (unpaired) electrons. The third-order valence-electron chi connectivity index (χ3n) is 3.14. The fourth-order valence-corrected chi connectivity index (χ4v) is 3.09. The molecule has 1 amide bonds. The molecular formula is C15H14ClN5OS. The Bertz CT molecular complexity index is 808. The van der Waals surface area contributed by atoms with Gasteiger partial charge in [0.15, 0.2) is 5.65 Å². The molecule has 118 valence electrons. The second-order valence-corrected chi connectivity index (χ2v) is 6.08. The number of hydrogen-bond acceptors (Lipinski definition) is 5. The number of carbonyl (C=O) groups excluding carboxylic acids is 1. The fraction of sp³-hybridized carbons (Fsp3) is 0.200. The van der Waals surface area contributed by atoms with Crippen molar-refractivity contribution < 1.29 is 4.79 Å². The fourth-order valence-electron chi connectivity index (χ4n) is 2.06. The lowest BCUT2D eigenvalue weighted by Gasteiger charge is -2.05. The van der Waals surface area contributed by atoms with Crippen LogP contribution in [0.1, 0.15) is 5.56 Å². The van der Waals surface area contributed by atoms with Crippen LogP contribution >= 0.6 is 23.4 Å². The molecule has 23 heavy (non-hydrogen) atoms. The highest BCUT2D eigenvalue weighted by Crippen LogP contribution is 2.23. The second kappa shape index (κ2) is 7.43. The minimum atomic E-state index is -0.0478. The molecule has 0 fully saturated rings. The monoisotopic (exact) mass is 347 g/mol. The molecular weight excluding hydrogens is 334 g/mol. The number of imidazole rings is 1. The van der Waals surface area contributed by atoms with Crippen molar-refractivity contribution in [2.75, 3.05) is 12.3 Å². The number of nitrogens with one attached hydrogen (secondary N) is 2. The minimum Gasteiger partial charge on any atom is -0.355 e. The van der Waals surface area contributed by atoms with Crippen molar-refractivity contribution in [3.05, 3.63) is 47.5 Å². The Morgan fingerprint density at radius 2 is 2.09 bits per heavy atom. The van der Waals surface area contributed by atoms with Crippen LogP contribution in [0.15, 0.2) is 41.7 Å². The standard InChI is InChI=1S/C15H14ClN5OS/c16-15-20-13-12(18-9-19-13)14(21-15)23-8-11(22)17-7-6-10-4-2-1-3-5-10/h1-5,9H,6-8H2,(H,17,22)(H,18,19,20,21). The summed E-state index contributed by atoms with van der Waals surface area (Å²) in [5.41, 5.74) is 2.38. The number of rotatable bonds is 6. The summed E-state index contributed by atoms with van der Waals surface area (Å²) >= 11 is 7.16. The van der Waals surface area contributed by atoms with Gasteiger partial charge in [0.2, 0.25) is 11.2 Å². The van der Waals surface area contributed by atoms with E-state index in [4.69, 9.17) is 11.6 Å². The van der Waals surface area contributed by atoms with Crippen LogP contribution in [0, 0.1) is 0 Å². The van der Waals surface area contributed by atoms with Gasteiger partial charge in [-0.15, -0.1) is 0 Å². The zero-order chi connectivity index (χ0) is 16.1. The lowest BCUT2D eigenvalue weighted by molar-refractivity contribution is -0.118. The molecule has 0 unspecified atom stereocenters. The van der Waals surface area contributed by atoms with Crippen molar-refractivity contribution in [2.45, 2.75) is 11.4 Å². The molecule has 0 saturated heterocycles. The van der Waals surface area contributed by atoms with E-state index in [0.29, 0.717) is 22.7 Å². The van der Waals surface area contributed by atoms with E-state index in [2.05, 4.69) is 25.3 Å². The summed E-state index contributed by atoms with van der Waals surface area (Å²) in [5, 5.41) is 3.64. The van der Waals surface area contributed by atoms with Crippen LogP contribution in [-0.4, -0.2) is 38.1 Å². The average Bonchev–Trinajstić information content (AvgIpc) is 3.02. The lowest BCUT2D eigenvalue weighted by Crippen LogP contribution is -2.27. The molecule has 2 N–H and O–H groups in total. The van der Waals surface area contributed by atoms with Gasteiger partial charge in [0, 0.05) is 6.54 Å². The number of fused-ring (bicyclic) bond motifs is 1. The first-order chi connectivity index (χ1) is 11.2. The van der Waals surface area contributed by atoms with E-state index in [0.717, 1.165) is 6.42 Å². The first kappa shape index (κ1) is 15.8. The van der Waals surface area contributed by atoms with E-state index >= 15 is 0 Å². The molecule has 3 aromatic rings. The number of hydrogen-bond donors (Lipinski definition) is 2. The Kier molecular flexibility index (Phi) is 5.09. The highest BCUT2D eigenvalue weighted by atomic mass is 35.5. The molecule has 0 bridgehead atoms. The highest BCUT2D eigenvalue weighted by molar-refractivity contribution is 8.00. The van der Waals surface area contributed by atoms with Gasteiger partial charge in [-0.2, -0.15) is 4.98 Å². The molecule has 0 aliphatic carbocycles. The van der Waals surface area contributed by atoms with E-state index in [9.17, 15) is 4.79 Å². The third kappa shape index (κ3) is 4.20. The predicted octanol–water partition coefficient (Wildman–Crippen LogP) is 2.46. The minimum absolute atomic E-state index is 0.0478. The van der Waals surface area contributed by atoms with E-state index in [1.54, 1.807) is 0 Å². The van der Waals surface area contributed by atoms with Crippen molar-refractivity contribution in [1.82, 2.24) is 25.3 Å². The van der Waals surface area contributed by atoms with Crippen molar-refractivity contribution >= 4 is 40.4 Å². The zero-order valence-electron chi connectivity index (χ0n) is 12.1. The van der Waals surface area contributed by atoms with Crippen molar-refractivity contribution in [3.8, 4) is 0 Å². The summed E-state index contributed by atoms with van der Waals surface area (Å²) in [6, 6.07) is 10.0. The lowest BCUT2D eigenvalue weighted by atomic mass is 10.1. The summed E-state index contributed by atoms with van der Waals surface area (Å²) in [4.78, 5) is 27.1. The largest absolute Gasteiger partial charge is 0.355 e. The molecule has 1 aromatic carbocycles. The van der Waals surface area contributed by atoms with Crippen LogP contribution in [0.3, 0.4) is 0 Å². The van der Waals surface area contributed by atoms with Gasteiger partial charge in [0.1, 0.15) is 10.5 Å². The van der Waals surface area contributed by atoms with Crippen LogP contribution in [0.4, 0.5) is 0 Å². The SMILES string of the molecule is O=C(CSc1nc(Cl)nc2nc[nH]c12)NCCc1ccccc1. The number of thioether (sulfide) groups is 1. The van der Waals surface area contributed by atoms with Crippen molar-refractivity contribution in [2.24, 2.45) is 0 Å². The Balaban J connectivity index is 1.51. The molecule has 0 aliphatic rings. The number of halogens is 1. The molecule has 0 atom stereocenters. The smallest absolute Gasteiger partial charge is 0.230 e. The summed E-state index contributed by atoms with van der Waals surface area (Å²) in [6.07, 6.45) is 2.33. The molecule has 2 heterocycles. The van der Waals surface area contributed by atoms with Crippen LogP contribution in [-0.2, 0) is 11.2 Å². The topological polar surface area (TPSA) is 83.6 Å². The van der Waals surface area contributed by atoms with E-state index in [1.807, 2.05) is 30.3 Å². The Labute approximate surface area is 142 Å². The van der Waals surface area contributed by atoms with Crippen LogP contribution in [0.2, 0.25) is 5.28 Å². The van der Waals surface area contributed by atoms with Crippen LogP contribution in [0.5, 0.6) is 0 Å². The number of H-pyrrole nitrogens is 1. The van der Waals surface area contributed by atoms with Gasteiger partial charge in [-0.05, 0) is 23.6 Å². The summed E-state index contributed by atoms with van der Waals surface area (Å²) in [5.74, 6) is 0.212. The Hall–Kier alpha value is -2.12. The maximum absolute atomic E-state index is 11.9. The maximum atomic E-state index is 11.9. The maximum Gasteiger partial charge on any atom is 0.230 e. The zero-order valence-corrected chi connectivity index (χ0v) is 13.7. The Morgan fingerprint density at radius 3 is 2.91 bits per heavy atom. The van der Waals surface area contributed by atoms with Gasteiger partial charge in [-0.1, -0.05) is 42.1 Å². The average molecular weight is 348 g/mol. The molecule has 0 spiro atoms. The van der Waals surface area contributed by atoms with E-state index < -0.39 is 0 Å². The van der Waals surface area contributed by atoms with Gasteiger partial charge >= 0.3 is 0 Å². The van der Waals surface area contributed by atoms with E-state index in [-0.39, 0.29) is 16.9 Å². The van der Waals surface area contributed by atoms with Gasteiger partial charge < -0.3 is 10.3 Å². The molecule has 0 aliphatic heterocycles. The quantitative estimate of drug-likeness (QED) is 0.406. The number of aromatic nitrogens is 4. The first-order valence-electron chi connectivity index (χ1n) is 7.02. The van der Waals surface area contributed by atoms with E-state index in [1.165, 1.54) is 23.7 Å². The van der Waals surface area contributed by atoms with Crippen molar-refractivity contribution in [3.63, 3.8) is 0 Å². The number of benzene rings is 1. The third-order valence-corrected chi connectivity index (χ3v) is 4.29. The number of aromatic amines is 1. The number of nitrogens with zero attached hydrogens (tertiary/aromatic N) is 3. The normalized spacial score (nSPS) is 10.8. The van der Waals surface area contributed by atoms with Gasteiger partial charge in [0.25, 0.3) is 0 Å².